The van der Waals surface area contributed by atoms with Crippen molar-refractivity contribution in [1.29, 1.82) is 0 Å². The topological polar surface area (TPSA) is 85.2 Å². The summed E-state index contributed by atoms with van der Waals surface area (Å²) in [6, 6.07) is 4.77. The Morgan fingerprint density at radius 1 is 1.34 bits per heavy atom. The smallest absolute Gasteiger partial charge is 0.408 e. The lowest BCUT2D eigenvalue weighted by atomic mass is 9.91. The Balaban J connectivity index is 1.81. The Morgan fingerprint density at radius 2 is 2.14 bits per heavy atom. The first kappa shape index (κ1) is 19.3. The number of nitrogens with two attached hydrogens (primary N) is 1. The third-order valence-corrected chi connectivity index (χ3v) is 5.83. The van der Waals surface area contributed by atoms with E-state index in [2.05, 4.69) is 35.4 Å². The molecule has 0 bridgehead atoms. The third-order valence-electron chi connectivity index (χ3n) is 5.83. The second-order valence-corrected chi connectivity index (χ2v) is 7.70. The van der Waals surface area contributed by atoms with Gasteiger partial charge in [0.1, 0.15) is 0 Å². The first-order valence-corrected chi connectivity index (χ1v) is 10.1. The van der Waals surface area contributed by atoms with Crippen LogP contribution in [0, 0.1) is 0 Å². The molecule has 152 valence electrons. The number of piperidine rings is 1. The molecule has 29 heavy (non-hydrogen) atoms. The molecule has 6 heteroatoms. The number of oxazole rings is 1. The van der Waals surface area contributed by atoms with Crippen molar-refractivity contribution in [2.24, 2.45) is 12.8 Å². The van der Waals surface area contributed by atoms with Crippen molar-refractivity contribution in [3.8, 4) is 0 Å². The second kappa shape index (κ2) is 8.17. The molecular weight excluding hydrogens is 364 g/mol. The molecule has 1 aliphatic heterocycles. The standard InChI is InChI=1S/C23H28N4O2/c1-3-4-16-11-17(15-5-6-22-21(13-15)27(2)23(28)29-22)12-20(19(16)14-24)26-18-7-9-25-10-8-18/h3-4,6,11-15,18,25-26H,1,5,7-10,24H2,2H3/b16-4-,19-14+. The van der Waals surface area contributed by atoms with Gasteiger partial charge in [0.05, 0.1) is 5.35 Å². The van der Waals surface area contributed by atoms with Gasteiger partial charge >= 0.3 is 5.76 Å². The van der Waals surface area contributed by atoms with Crippen molar-refractivity contribution in [2.45, 2.75) is 31.2 Å². The van der Waals surface area contributed by atoms with E-state index in [4.69, 9.17) is 10.2 Å². The van der Waals surface area contributed by atoms with Crippen LogP contribution in [0.4, 0.5) is 5.69 Å². The van der Waals surface area contributed by atoms with Crippen LogP contribution in [0.15, 0.2) is 34.0 Å². The van der Waals surface area contributed by atoms with Crippen LogP contribution in [-0.2, 0) is 7.05 Å². The summed E-state index contributed by atoms with van der Waals surface area (Å²) in [5.41, 5.74) is 8.89. The van der Waals surface area contributed by atoms with Gasteiger partial charge in [-0.3, -0.25) is 4.57 Å². The maximum Gasteiger partial charge on any atom is 0.419 e. The van der Waals surface area contributed by atoms with Crippen LogP contribution in [0.3, 0.4) is 0 Å². The molecule has 4 rings (SSSR count). The average molecular weight is 393 g/mol. The van der Waals surface area contributed by atoms with E-state index in [1.807, 2.05) is 12.2 Å². The van der Waals surface area contributed by atoms with Gasteiger partial charge in [-0.2, -0.15) is 0 Å². The molecule has 1 saturated heterocycles. The lowest BCUT2D eigenvalue weighted by Crippen LogP contribution is -2.39. The first-order chi connectivity index (χ1) is 14.1. The summed E-state index contributed by atoms with van der Waals surface area (Å²) < 4.78 is 6.87. The zero-order valence-electron chi connectivity index (χ0n) is 16.8. The van der Waals surface area contributed by atoms with Crippen LogP contribution in [0.1, 0.15) is 30.7 Å². The molecule has 4 N–H and O–H groups in total. The van der Waals surface area contributed by atoms with Crippen LogP contribution >= 0.6 is 0 Å². The fraction of sp³-hybridized carbons (Fsp3) is 0.348. The minimum atomic E-state index is -0.329. The molecule has 1 atom stereocenters. The normalized spacial score (nSPS) is 20.7. The number of aromatic nitrogens is 1. The number of hydrogen-bond acceptors (Lipinski definition) is 5. The minimum absolute atomic E-state index is 0.156. The number of allylic oxidation sites excluding steroid dienone is 1. The number of nitrogens with one attached hydrogen (secondary N) is 2. The SMILES string of the molecule is C=C/C=c1/cc(C2C=c3c(oc(=O)n3C)=CC2)cc(NC2CCNCC2)/c1=C/N. The predicted molar refractivity (Wildman–Crippen MR) is 118 cm³/mol. The number of fused-ring (bicyclic) bond motifs is 1. The van der Waals surface area contributed by atoms with Gasteiger partial charge in [-0.05, 0) is 61.4 Å². The van der Waals surface area contributed by atoms with E-state index in [0.29, 0.717) is 11.5 Å². The molecule has 0 amide bonds. The summed E-state index contributed by atoms with van der Waals surface area (Å²) in [7, 11) is 1.74. The van der Waals surface area contributed by atoms with Gasteiger partial charge in [0.15, 0.2) is 5.42 Å². The molecule has 1 fully saturated rings. The third kappa shape index (κ3) is 3.80. The van der Waals surface area contributed by atoms with Crippen molar-refractivity contribution < 1.29 is 4.42 Å². The van der Waals surface area contributed by atoms with Gasteiger partial charge < -0.3 is 20.8 Å². The van der Waals surface area contributed by atoms with E-state index in [-0.39, 0.29) is 11.7 Å². The summed E-state index contributed by atoms with van der Waals surface area (Å²) >= 11 is 0. The number of hydrogen-bond donors (Lipinski definition) is 3. The number of benzene rings is 1. The van der Waals surface area contributed by atoms with Crippen molar-refractivity contribution in [3.63, 3.8) is 0 Å². The molecule has 1 aromatic carbocycles. The zero-order chi connectivity index (χ0) is 20.4. The fourth-order valence-corrected chi connectivity index (χ4v) is 4.21. The summed E-state index contributed by atoms with van der Waals surface area (Å²) in [5, 5.41) is 9.98. The van der Waals surface area contributed by atoms with Crippen molar-refractivity contribution in [1.82, 2.24) is 9.88 Å². The van der Waals surface area contributed by atoms with E-state index >= 15 is 0 Å². The molecule has 0 radical (unpaired) electrons. The monoisotopic (exact) mass is 392 g/mol. The lowest BCUT2D eigenvalue weighted by molar-refractivity contribution is 0.468. The van der Waals surface area contributed by atoms with Crippen LogP contribution < -0.4 is 43.3 Å². The molecule has 0 saturated carbocycles. The summed E-state index contributed by atoms with van der Waals surface area (Å²) in [6.45, 7) is 5.90. The Labute approximate surface area is 169 Å². The van der Waals surface area contributed by atoms with Gasteiger partial charge in [0, 0.05) is 36.1 Å². The van der Waals surface area contributed by atoms with Crippen LogP contribution in [0.5, 0.6) is 0 Å². The van der Waals surface area contributed by atoms with E-state index in [9.17, 15) is 4.79 Å². The molecule has 2 heterocycles. The highest BCUT2D eigenvalue weighted by Gasteiger charge is 2.18. The number of nitrogens with zero attached hydrogens (tertiary/aromatic N) is 1. The minimum Gasteiger partial charge on any atom is -0.408 e. The Hall–Kier alpha value is -2.99. The van der Waals surface area contributed by atoms with Crippen LogP contribution in [0.25, 0.3) is 24.4 Å². The molecule has 6 nitrogen and oxygen atoms in total. The van der Waals surface area contributed by atoms with Crippen molar-refractivity contribution in [2.75, 3.05) is 18.4 Å². The van der Waals surface area contributed by atoms with Gasteiger partial charge in [-0.25, -0.2) is 4.79 Å². The average Bonchev–Trinajstić information content (AvgIpc) is 3.02. The molecular formula is C23H28N4O2. The Morgan fingerprint density at radius 3 is 2.86 bits per heavy atom. The van der Waals surface area contributed by atoms with E-state index in [1.165, 1.54) is 5.56 Å². The van der Waals surface area contributed by atoms with Crippen LogP contribution in [0.2, 0.25) is 0 Å². The van der Waals surface area contributed by atoms with Crippen molar-refractivity contribution >= 4 is 30.1 Å². The highest BCUT2D eigenvalue weighted by molar-refractivity contribution is 5.58. The van der Waals surface area contributed by atoms with E-state index in [1.54, 1.807) is 23.9 Å². The Bertz CT molecular complexity index is 1210. The predicted octanol–water partition coefficient (Wildman–Crippen LogP) is -0.446. The molecule has 1 aromatic heterocycles. The molecule has 2 aliphatic rings. The van der Waals surface area contributed by atoms with Crippen LogP contribution in [-0.4, -0.2) is 23.7 Å². The highest BCUT2D eigenvalue weighted by atomic mass is 16.4. The van der Waals surface area contributed by atoms with E-state index in [0.717, 1.165) is 53.8 Å². The quantitative estimate of drug-likeness (QED) is 0.657. The molecule has 0 spiro atoms. The number of rotatable bonds is 4. The maximum absolute atomic E-state index is 11.9. The van der Waals surface area contributed by atoms with Gasteiger partial charge in [0.2, 0.25) is 0 Å². The highest BCUT2D eigenvalue weighted by Crippen LogP contribution is 2.24. The maximum atomic E-state index is 11.9. The summed E-state index contributed by atoms with van der Waals surface area (Å²) in [6.07, 6.45) is 12.5. The first-order valence-electron chi connectivity index (χ1n) is 10.1. The van der Waals surface area contributed by atoms with Crippen molar-refractivity contribution in [3.05, 3.63) is 62.1 Å². The van der Waals surface area contributed by atoms with Gasteiger partial charge in [-0.1, -0.05) is 24.8 Å². The fourth-order valence-electron chi connectivity index (χ4n) is 4.21. The Kier molecular flexibility index (Phi) is 5.45. The largest absolute Gasteiger partial charge is 0.419 e. The summed E-state index contributed by atoms with van der Waals surface area (Å²) in [4.78, 5) is 11.9. The van der Waals surface area contributed by atoms with Gasteiger partial charge in [-0.15, -0.1) is 0 Å². The molecule has 1 unspecified atom stereocenters. The number of anilines is 1. The second-order valence-electron chi connectivity index (χ2n) is 7.70. The molecule has 1 aliphatic carbocycles. The lowest BCUT2D eigenvalue weighted by Gasteiger charge is -2.26. The molecule has 2 aromatic rings. The van der Waals surface area contributed by atoms with Gasteiger partial charge in [0.25, 0.3) is 0 Å². The summed E-state index contributed by atoms with van der Waals surface area (Å²) in [5.74, 6) is -0.173. The zero-order valence-corrected chi connectivity index (χ0v) is 16.8. The van der Waals surface area contributed by atoms with E-state index < -0.39 is 0 Å².